The third-order valence-corrected chi connectivity index (χ3v) is 3.53. The SMILES string of the molecule is CC.CC(C)(C)C(=O)CSc1nnnn1-c1ccccc1. The number of benzene rings is 1. The maximum absolute atomic E-state index is 11.9. The summed E-state index contributed by atoms with van der Waals surface area (Å²) in [7, 11) is 0. The Morgan fingerprint density at radius 3 is 2.38 bits per heavy atom. The monoisotopic (exact) mass is 306 g/mol. The molecule has 0 atom stereocenters. The molecule has 21 heavy (non-hydrogen) atoms. The largest absolute Gasteiger partial charge is 0.298 e. The fourth-order valence-corrected chi connectivity index (χ4v) is 2.40. The predicted molar refractivity (Wildman–Crippen MR) is 85.7 cm³/mol. The van der Waals surface area contributed by atoms with Crippen LogP contribution in [0.2, 0.25) is 0 Å². The summed E-state index contributed by atoms with van der Waals surface area (Å²) in [6.07, 6.45) is 0. The molecule has 0 saturated carbocycles. The van der Waals surface area contributed by atoms with E-state index < -0.39 is 0 Å². The summed E-state index contributed by atoms with van der Waals surface area (Å²) in [6, 6.07) is 9.62. The van der Waals surface area contributed by atoms with E-state index in [1.165, 1.54) is 11.8 Å². The third-order valence-electron chi connectivity index (χ3n) is 2.61. The summed E-state index contributed by atoms with van der Waals surface area (Å²) >= 11 is 1.36. The van der Waals surface area contributed by atoms with Gasteiger partial charge in [0.1, 0.15) is 5.78 Å². The highest BCUT2D eigenvalue weighted by molar-refractivity contribution is 7.99. The Morgan fingerprint density at radius 1 is 1.19 bits per heavy atom. The highest BCUT2D eigenvalue weighted by atomic mass is 32.2. The first-order valence-electron chi connectivity index (χ1n) is 6.98. The molecule has 0 aliphatic heterocycles. The van der Waals surface area contributed by atoms with Crippen LogP contribution in [0.15, 0.2) is 35.5 Å². The Bertz CT molecular complexity index is 561. The molecule has 0 bridgehead atoms. The second-order valence-corrected chi connectivity index (χ2v) is 6.11. The van der Waals surface area contributed by atoms with Gasteiger partial charge >= 0.3 is 0 Å². The summed E-state index contributed by atoms with van der Waals surface area (Å²) < 4.78 is 1.64. The zero-order valence-electron chi connectivity index (χ0n) is 13.2. The molecule has 114 valence electrons. The minimum atomic E-state index is -0.335. The number of rotatable bonds is 4. The van der Waals surface area contributed by atoms with E-state index in [9.17, 15) is 4.79 Å². The van der Waals surface area contributed by atoms with Gasteiger partial charge in [-0.2, -0.15) is 4.68 Å². The van der Waals surface area contributed by atoms with Gasteiger partial charge < -0.3 is 0 Å². The topological polar surface area (TPSA) is 60.7 Å². The summed E-state index contributed by atoms with van der Waals surface area (Å²) in [4.78, 5) is 11.9. The van der Waals surface area contributed by atoms with Crippen LogP contribution >= 0.6 is 11.8 Å². The molecule has 2 aromatic rings. The highest BCUT2D eigenvalue weighted by Crippen LogP contribution is 2.22. The zero-order chi connectivity index (χ0) is 15.9. The van der Waals surface area contributed by atoms with Gasteiger partial charge in [-0.25, -0.2) is 0 Å². The first kappa shape index (κ1) is 17.4. The standard InChI is InChI=1S/C13H16N4OS.C2H6/c1-13(2,3)11(18)9-19-12-14-15-16-17(12)10-7-5-4-6-8-10;1-2/h4-8H,9H2,1-3H3;1-2H3. The number of tetrazole rings is 1. The number of aromatic nitrogens is 4. The van der Waals surface area contributed by atoms with Crippen LogP contribution < -0.4 is 0 Å². The van der Waals surface area contributed by atoms with Gasteiger partial charge in [-0.15, -0.1) is 5.10 Å². The van der Waals surface area contributed by atoms with Gasteiger partial charge in [-0.1, -0.05) is 64.6 Å². The lowest BCUT2D eigenvalue weighted by Crippen LogP contribution is -2.22. The van der Waals surface area contributed by atoms with E-state index in [0.717, 1.165) is 5.69 Å². The molecule has 0 aliphatic carbocycles. The van der Waals surface area contributed by atoms with E-state index in [1.54, 1.807) is 4.68 Å². The van der Waals surface area contributed by atoms with Crippen LogP contribution in [0.1, 0.15) is 34.6 Å². The van der Waals surface area contributed by atoms with Gasteiger partial charge in [-0.3, -0.25) is 4.79 Å². The van der Waals surface area contributed by atoms with Crippen molar-refractivity contribution < 1.29 is 4.79 Å². The number of para-hydroxylation sites is 1. The van der Waals surface area contributed by atoms with Crippen LogP contribution in [0.3, 0.4) is 0 Å². The van der Waals surface area contributed by atoms with Crippen LogP contribution in [0.5, 0.6) is 0 Å². The summed E-state index contributed by atoms with van der Waals surface area (Å²) in [5.74, 6) is 0.552. The average Bonchev–Trinajstić information content (AvgIpc) is 2.95. The Hall–Kier alpha value is -1.69. The van der Waals surface area contributed by atoms with Crippen molar-refractivity contribution in [3.8, 4) is 5.69 Å². The molecule has 0 spiro atoms. The van der Waals surface area contributed by atoms with Gasteiger partial charge in [0.15, 0.2) is 0 Å². The molecule has 0 amide bonds. The van der Waals surface area contributed by atoms with Crippen molar-refractivity contribution in [1.82, 2.24) is 20.2 Å². The van der Waals surface area contributed by atoms with Gasteiger partial charge in [0.05, 0.1) is 11.4 Å². The first-order valence-corrected chi connectivity index (χ1v) is 7.97. The van der Waals surface area contributed by atoms with E-state index in [1.807, 2.05) is 65.0 Å². The Balaban J connectivity index is 0.00000106. The first-order chi connectivity index (χ1) is 9.98. The van der Waals surface area contributed by atoms with Crippen molar-refractivity contribution in [2.24, 2.45) is 5.41 Å². The average molecular weight is 306 g/mol. The molecule has 0 fully saturated rings. The summed E-state index contributed by atoms with van der Waals surface area (Å²) in [6.45, 7) is 9.74. The number of Topliss-reactive ketones (excluding diaryl/α,β-unsaturated/α-hetero) is 1. The molecule has 0 aliphatic rings. The van der Waals surface area contributed by atoms with E-state index in [4.69, 9.17) is 0 Å². The normalized spacial score (nSPS) is 10.7. The molecule has 1 aromatic heterocycles. The fourth-order valence-electron chi connectivity index (χ4n) is 1.35. The van der Waals surface area contributed by atoms with Gasteiger partial charge in [0.2, 0.25) is 5.16 Å². The minimum Gasteiger partial charge on any atom is -0.298 e. The number of carbonyl (C=O) groups excluding carboxylic acids is 1. The van der Waals surface area contributed by atoms with Crippen LogP contribution in [-0.4, -0.2) is 31.7 Å². The molecular weight excluding hydrogens is 284 g/mol. The van der Waals surface area contributed by atoms with Crippen LogP contribution in [0.4, 0.5) is 0 Å². The molecular formula is C15H22N4OS. The molecule has 0 unspecified atom stereocenters. The van der Waals surface area contributed by atoms with E-state index >= 15 is 0 Å². The van der Waals surface area contributed by atoms with Crippen molar-refractivity contribution in [2.75, 3.05) is 5.75 Å². The zero-order valence-corrected chi connectivity index (χ0v) is 14.0. The van der Waals surface area contributed by atoms with Crippen molar-refractivity contribution >= 4 is 17.5 Å². The van der Waals surface area contributed by atoms with Gasteiger partial charge in [-0.05, 0) is 22.6 Å². The van der Waals surface area contributed by atoms with E-state index in [0.29, 0.717) is 10.9 Å². The number of hydrogen-bond acceptors (Lipinski definition) is 5. The van der Waals surface area contributed by atoms with E-state index in [2.05, 4.69) is 15.5 Å². The number of ketones is 1. The predicted octanol–water partition coefficient (Wildman–Crippen LogP) is 3.40. The minimum absolute atomic E-state index is 0.181. The van der Waals surface area contributed by atoms with Gasteiger partial charge in [0, 0.05) is 5.41 Å². The molecule has 1 aromatic carbocycles. The number of carbonyl (C=O) groups is 1. The van der Waals surface area contributed by atoms with Crippen molar-refractivity contribution in [3.05, 3.63) is 30.3 Å². The van der Waals surface area contributed by atoms with E-state index in [-0.39, 0.29) is 11.2 Å². The fraction of sp³-hybridized carbons (Fsp3) is 0.467. The lowest BCUT2D eigenvalue weighted by molar-refractivity contribution is -0.123. The number of thioether (sulfide) groups is 1. The summed E-state index contributed by atoms with van der Waals surface area (Å²) in [5, 5.41) is 12.2. The van der Waals surface area contributed by atoms with Crippen molar-refractivity contribution in [3.63, 3.8) is 0 Å². The number of nitrogens with zero attached hydrogens (tertiary/aromatic N) is 4. The molecule has 0 saturated heterocycles. The van der Waals surface area contributed by atoms with Crippen LogP contribution in [0, 0.1) is 5.41 Å². The molecule has 0 N–H and O–H groups in total. The quantitative estimate of drug-likeness (QED) is 0.810. The highest BCUT2D eigenvalue weighted by Gasteiger charge is 2.22. The Kier molecular flexibility index (Phi) is 6.55. The molecule has 2 rings (SSSR count). The summed E-state index contributed by atoms with van der Waals surface area (Å²) in [5.41, 5.74) is 0.552. The lowest BCUT2D eigenvalue weighted by Gasteiger charge is -2.15. The smallest absolute Gasteiger partial charge is 0.214 e. The molecule has 0 radical (unpaired) electrons. The maximum Gasteiger partial charge on any atom is 0.214 e. The second kappa shape index (κ2) is 7.93. The lowest BCUT2D eigenvalue weighted by atomic mass is 9.92. The Labute approximate surface area is 130 Å². The maximum atomic E-state index is 11.9. The van der Waals surface area contributed by atoms with Gasteiger partial charge in [0.25, 0.3) is 0 Å². The second-order valence-electron chi connectivity index (χ2n) is 5.17. The molecule has 6 heteroatoms. The van der Waals surface area contributed by atoms with Crippen molar-refractivity contribution in [1.29, 1.82) is 0 Å². The number of hydrogen-bond donors (Lipinski definition) is 0. The molecule has 1 heterocycles. The molecule has 5 nitrogen and oxygen atoms in total. The van der Waals surface area contributed by atoms with Crippen LogP contribution in [0.25, 0.3) is 5.69 Å². The van der Waals surface area contributed by atoms with Crippen LogP contribution in [-0.2, 0) is 4.79 Å². The Morgan fingerprint density at radius 2 is 1.81 bits per heavy atom. The third kappa shape index (κ3) is 4.97. The van der Waals surface area contributed by atoms with Crippen molar-refractivity contribution in [2.45, 2.75) is 39.8 Å².